The van der Waals surface area contributed by atoms with Crippen molar-refractivity contribution in [2.75, 3.05) is 34.6 Å². The van der Waals surface area contributed by atoms with Crippen LogP contribution in [0.25, 0.3) is 0 Å². The second kappa shape index (κ2) is 12.3. The van der Waals surface area contributed by atoms with E-state index in [1.54, 1.807) is 42.1 Å². The van der Waals surface area contributed by atoms with Gasteiger partial charge < -0.3 is 20.7 Å². The molecule has 1 heterocycles. The smallest absolute Gasteiger partial charge is 0.421 e. The van der Waals surface area contributed by atoms with Crippen molar-refractivity contribution in [1.82, 2.24) is 9.97 Å². The van der Waals surface area contributed by atoms with E-state index >= 15 is 0 Å². The fourth-order valence-corrected chi connectivity index (χ4v) is 3.54. The Morgan fingerprint density at radius 2 is 1.94 bits per heavy atom. The molecule has 190 valence electrons. The number of benzene rings is 2. The molecule has 3 aromatic rings. The number of hydrogen-bond acceptors (Lipinski definition) is 7. The van der Waals surface area contributed by atoms with E-state index in [0.717, 1.165) is 30.0 Å². The predicted molar refractivity (Wildman–Crippen MR) is 139 cm³/mol. The summed E-state index contributed by atoms with van der Waals surface area (Å²) in [7, 11) is 0. The average molecular weight is 518 g/mol. The molecule has 0 atom stereocenters. The molecule has 11 heteroatoms. The fraction of sp³-hybridized carbons (Fsp3) is 0.240. The van der Waals surface area contributed by atoms with Crippen LogP contribution in [-0.4, -0.2) is 34.5 Å². The normalized spacial score (nSPS) is 11.0. The lowest BCUT2D eigenvalue weighted by atomic mass is 10.2. The summed E-state index contributed by atoms with van der Waals surface area (Å²) in [6, 6.07) is 11.6. The monoisotopic (exact) mass is 517 g/mol. The lowest BCUT2D eigenvalue weighted by Crippen LogP contribution is -2.13. The molecule has 1 amide bonds. The van der Waals surface area contributed by atoms with E-state index in [1.165, 1.54) is 6.07 Å². The molecule has 1 aromatic heterocycles. The molecule has 0 aliphatic carbocycles. The van der Waals surface area contributed by atoms with Crippen LogP contribution in [0.3, 0.4) is 0 Å². The summed E-state index contributed by atoms with van der Waals surface area (Å²) in [5.41, 5.74) is 1.11. The third kappa shape index (κ3) is 7.64. The first-order chi connectivity index (χ1) is 17.2. The topological polar surface area (TPSA) is 88.2 Å². The van der Waals surface area contributed by atoms with Gasteiger partial charge >= 0.3 is 6.18 Å². The second-order valence-electron chi connectivity index (χ2n) is 7.65. The van der Waals surface area contributed by atoms with Gasteiger partial charge in [-0.2, -0.15) is 29.9 Å². The minimum atomic E-state index is -4.68. The van der Waals surface area contributed by atoms with Gasteiger partial charge in [-0.1, -0.05) is 12.6 Å². The van der Waals surface area contributed by atoms with E-state index in [-0.39, 0.29) is 5.95 Å². The van der Waals surface area contributed by atoms with Crippen LogP contribution >= 0.6 is 11.8 Å². The minimum absolute atomic E-state index is 0.0154. The van der Waals surface area contributed by atoms with Crippen LogP contribution in [-0.2, 0) is 11.0 Å². The Labute approximate surface area is 211 Å². The van der Waals surface area contributed by atoms with Crippen LogP contribution in [0.2, 0.25) is 0 Å². The molecule has 36 heavy (non-hydrogen) atoms. The summed E-state index contributed by atoms with van der Waals surface area (Å²) in [5, 5.41) is 8.21. The van der Waals surface area contributed by atoms with Crippen molar-refractivity contribution in [2.24, 2.45) is 0 Å². The molecule has 3 rings (SSSR count). The number of nitrogens with zero attached hydrogens (tertiary/aromatic N) is 2. The summed E-state index contributed by atoms with van der Waals surface area (Å²) in [4.78, 5) is 19.5. The highest BCUT2D eigenvalue weighted by molar-refractivity contribution is 7.98. The molecular weight excluding hydrogens is 491 g/mol. The number of amides is 1. The minimum Gasteiger partial charge on any atom is -0.494 e. The van der Waals surface area contributed by atoms with Crippen LogP contribution in [0.1, 0.15) is 17.5 Å². The maximum absolute atomic E-state index is 13.6. The zero-order chi connectivity index (χ0) is 26.1. The van der Waals surface area contributed by atoms with Crippen molar-refractivity contribution >= 4 is 46.5 Å². The van der Waals surface area contributed by atoms with Gasteiger partial charge in [-0.3, -0.25) is 4.79 Å². The van der Waals surface area contributed by atoms with Crippen molar-refractivity contribution in [2.45, 2.75) is 19.5 Å². The summed E-state index contributed by atoms with van der Waals surface area (Å²) in [6.07, 6.45) is 0.103. The van der Waals surface area contributed by atoms with E-state index < -0.39 is 23.5 Å². The standard InChI is InChI=1S/C25H26F3N5O2S/c1-4-22(34)30-17-7-5-8-18(14-17)31-23-20(25(26,27)28)15-29-24(33-23)32-21-10-9-19(13-16(21)2)35-11-6-12-36-3/h4-5,7-10,13-15H,1,6,11-12H2,2-3H3,(H,30,34)(H2,29,31,32,33). The maximum atomic E-state index is 13.6. The Kier molecular flexibility index (Phi) is 9.18. The van der Waals surface area contributed by atoms with Gasteiger partial charge in [0.1, 0.15) is 17.1 Å². The number of ether oxygens (including phenoxy) is 1. The fourth-order valence-electron chi connectivity index (χ4n) is 3.13. The van der Waals surface area contributed by atoms with E-state index in [0.29, 0.717) is 29.4 Å². The van der Waals surface area contributed by atoms with Crippen molar-refractivity contribution in [1.29, 1.82) is 0 Å². The number of anilines is 5. The Morgan fingerprint density at radius 3 is 2.64 bits per heavy atom. The van der Waals surface area contributed by atoms with Gasteiger partial charge in [-0.15, -0.1) is 0 Å². The molecule has 7 nitrogen and oxygen atoms in total. The van der Waals surface area contributed by atoms with Crippen LogP contribution in [0.15, 0.2) is 61.3 Å². The number of carbonyl (C=O) groups is 1. The Balaban J connectivity index is 1.82. The molecule has 2 aromatic carbocycles. The number of thioether (sulfide) groups is 1. The van der Waals surface area contributed by atoms with Gasteiger partial charge in [0.05, 0.1) is 6.61 Å². The van der Waals surface area contributed by atoms with E-state index in [2.05, 4.69) is 32.5 Å². The third-order valence-electron chi connectivity index (χ3n) is 4.88. The van der Waals surface area contributed by atoms with Crippen LogP contribution < -0.4 is 20.7 Å². The molecule has 0 fully saturated rings. The Bertz CT molecular complexity index is 1220. The zero-order valence-electron chi connectivity index (χ0n) is 19.8. The van der Waals surface area contributed by atoms with Crippen molar-refractivity contribution in [3.8, 4) is 5.75 Å². The lowest BCUT2D eigenvalue weighted by molar-refractivity contribution is -0.137. The first-order valence-electron chi connectivity index (χ1n) is 10.9. The highest BCUT2D eigenvalue weighted by Crippen LogP contribution is 2.36. The van der Waals surface area contributed by atoms with E-state index in [9.17, 15) is 18.0 Å². The van der Waals surface area contributed by atoms with Crippen molar-refractivity contribution in [3.05, 3.63) is 72.4 Å². The summed E-state index contributed by atoms with van der Waals surface area (Å²) in [6.45, 7) is 5.83. The van der Waals surface area contributed by atoms with E-state index in [1.807, 2.05) is 19.2 Å². The number of alkyl halides is 3. The molecule has 0 saturated carbocycles. The van der Waals surface area contributed by atoms with Gasteiger partial charge in [0, 0.05) is 23.3 Å². The zero-order valence-corrected chi connectivity index (χ0v) is 20.6. The van der Waals surface area contributed by atoms with Gasteiger partial charge in [0.2, 0.25) is 11.9 Å². The van der Waals surface area contributed by atoms with Gasteiger partial charge in [-0.05, 0) is 73.4 Å². The Hall–Kier alpha value is -3.73. The highest BCUT2D eigenvalue weighted by atomic mass is 32.2. The Morgan fingerprint density at radius 1 is 1.17 bits per heavy atom. The van der Waals surface area contributed by atoms with Gasteiger partial charge in [-0.25, -0.2) is 4.98 Å². The molecule has 0 radical (unpaired) electrons. The van der Waals surface area contributed by atoms with Crippen LogP contribution in [0.4, 0.5) is 42.0 Å². The third-order valence-corrected chi connectivity index (χ3v) is 5.58. The van der Waals surface area contributed by atoms with Crippen LogP contribution in [0.5, 0.6) is 5.75 Å². The first kappa shape index (κ1) is 26.9. The highest BCUT2D eigenvalue weighted by Gasteiger charge is 2.35. The molecule has 0 aliphatic rings. The second-order valence-corrected chi connectivity index (χ2v) is 8.63. The van der Waals surface area contributed by atoms with Crippen LogP contribution in [0, 0.1) is 6.92 Å². The number of aryl methyl sites for hydroxylation is 1. The molecule has 3 N–H and O–H groups in total. The van der Waals surface area contributed by atoms with E-state index in [4.69, 9.17) is 4.74 Å². The van der Waals surface area contributed by atoms with Gasteiger partial charge in [0.15, 0.2) is 0 Å². The summed E-state index contributed by atoms with van der Waals surface area (Å²) >= 11 is 1.75. The SMILES string of the molecule is C=CC(=O)Nc1cccc(Nc2nc(Nc3ccc(OCCCSC)cc3C)ncc2C(F)(F)F)c1. The molecule has 0 saturated heterocycles. The van der Waals surface area contributed by atoms with Crippen molar-refractivity contribution < 1.29 is 22.7 Å². The number of carbonyl (C=O) groups excluding carboxylic acids is 1. The number of hydrogen-bond donors (Lipinski definition) is 3. The molecule has 0 spiro atoms. The molecular formula is C25H26F3N5O2S. The number of aromatic nitrogens is 2. The number of halogens is 3. The molecule has 0 bridgehead atoms. The summed E-state index contributed by atoms with van der Waals surface area (Å²) in [5.74, 6) is 0.826. The first-order valence-corrected chi connectivity index (χ1v) is 12.3. The predicted octanol–water partition coefficient (Wildman–Crippen LogP) is 6.55. The van der Waals surface area contributed by atoms with Crippen molar-refractivity contribution in [3.63, 3.8) is 0 Å². The number of rotatable bonds is 11. The maximum Gasteiger partial charge on any atom is 0.421 e. The molecule has 0 aliphatic heterocycles. The average Bonchev–Trinajstić information content (AvgIpc) is 2.83. The quantitative estimate of drug-likeness (QED) is 0.196. The van der Waals surface area contributed by atoms with Gasteiger partial charge in [0.25, 0.3) is 0 Å². The molecule has 0 unspecified atom stereocenters. The summed E-state index contributed by atoms with van der Waals surface area (Å²) < 4.78 is 46.7. The largest absolute Gasteiger partial charge is 0.494 e. The lowest BCUT2D eigenvalue weighted by Gasteiger charge is -2.16. The number of nitrogens with one attached hydrogen (secondary N) is 3.